The van der Waals surface area contributed by atoms with E-state index in [1.165, 1.54) is 0 Å². The molecule has 1 aromatic heterocycles. The Balaban J connectivity index is 2.23. The van der Waals surface area contributed by atoms with Crippen molar-refractivity contribution in [3.63, 3.8) is 0 Å². The first-order chi connectivity index (χ1) is 10.4. The monoisotopic (exact) mass is 293 g/mol. The predicted octanol–water partition coefficient (Wildman–Crippen LogP) is 2.36. The van der Waals surface area contributed by atoms with Gasteiger partial charge in [-0.1, -0.05) is 6.08 Å². The second-order valence-electron chi connectivity index (χ2n) is 4.56. The van der Waals surface area contributed by atoms with Gasteiger partial charge in [0.15, 0.2) is 5.96 Å². The number of nitrogens with zero attached hydrogens (tertiary/aromatic N) is 1. The van der Waals surface area contributed by atoms with Gasteiger partial charge in [0.2, 0.25) is 0 Å². The van der Waals surface area contributed by atoms with Gasteiger partial charge < -0.3 is 19.8 Å². The van der Waals surface area contributed by atoms with E-state index in [2.05, 4.69) is 22.2 Å². The van der Waals surface area contributed by atoms with Crippen LogP contribution in [-0.2, 0) is 11.2 Å². The summed E-state index contributed by atoms with van der Waals surface area (Å²) < 4.78 is 10.6. The Hall–Kier alpha value is -1.75. The molecule has 0 bridgehead atoms. The van der Waals surface area contributed by atoms with Crippen LogP contribution in [0, 0.1) is 0 Å². The molecule has 118 valence electrons. The molecule has 0 saturated carbocycles. The summed E-state index contributed by atoms with van der Waals surface area (Å²) in [5, 5.41) is 6.51. The van der Waals surface area contributed by atoms with E-state index in [4.69, 9.17) is 9.15 Å². The summed E-state index contributed by atoms with van der Waals surface area (Å²) in [7, 11) is 0. The van der Waals surface area contributed by atoms with Gasteiger partial charge in [0.25, 0.3) is 0 Å². The average Bonchev–Trinajstić information content (AvgIpc) is 3.01. The molecule has 21 heavy (non-hydrogen) atoms. The topological polar surface area (TPSA) is 58.8 Å². The Morgan fingerprint density at radius 3 is 3.05 bits per heavy atom. The fraction of sp³-hybridized carbons (Fsp3) is 0.562. The molecule has 0 aliphatic heterocycles. The molecule has 0 amide bonds. The zero-order chi connectivity index (χ0) is 15.2. The number of aliphatic imine (C=N–C) groups is 1. The van der Waals surface area contributed by atoms with Gasteiger partial charge in [-0.05, 0) is 31.9 Å². The van der Waals surface area contributed by atoms with Gasteiger partial charge >= 0.3 is 0 Å². The molecule has 2 N–H and O–H groups in total. The molecule has 5 nitrogen and oxygen atoms in total. The smallest absolute Gasteiger partial charge is 0.191 e. The van der Waals surface area contributed by atoms with Crippen molar-refractivity contribution < 1.29 is 9.15 Å². The molecule has 0 saturated heterocycles. The van der Waals surface area contributed by atoms with Crippen molar-refractivity contribution in [3.05, 3.63) is 36.8 Å². The molecule has 0 fully saturated rings. The van der Waals surface area contributed by atoms with Crippen molar-refractivity contribution in [2.45, 2.75) is 26.2 Å². The first kappa shape index (κ1) is 17.3. The van der Waals surface area contributed by atoms with Crippen LogP contribution >= 0.6 is 0 Å². The van der Waals surface area contributed by atoms with Crippen molar-refractivity contribution in [2.75, 3.05) is 32.8 Å². The van der Waals surface area contributed by atoms with Gasteiger partial charge in [0.1, 0.15) is 5.76 Å². The van der Waals surface area contributed by atoms with Crippen LogP contribution in [0.15, 0.2) is 40.5 Å². The standard InChI is InChI=1S/C16H27N3O2/c1-3-10-17-16(18-11-5-6-13-20-4-2)19-12-9-15-8-7-14-21-15/h3,7-8,14H,1,4-6,9-13H2,2H3,(H2,17,18,19). The number of nitrogens with one attached hydrogen (secondary N) is 2. The highest BCUT2D eigenvalue weighted by Crippen LogP contribution is 1.99. The lowest BCUT2D eigenvalue weighted by atomic mass is 10.3. The SMILES string of the molecule is C=CCNC(=NCCCCOCC)NCCc1ccco1. The van der Waals surface area contributed by atoms with E-state index in [0.717, 1.165) is 57.3 Å². The minimum Gasteiger partial charge on any atom is -0.469 e. The van der Waals surface area contributed by atoms with Gasteiger partial charge in [-0.25, -0.2) is 0 Å². The molecule has 0 unspecified atom stereocenters. The predicted molar refractivity (Wildman–Crippen MR) is 86.6 cm³/mol. The van der Waals surface area contributed by atoms with Crippen molar-refractivity contribution >= 4 is 5.96 Å². The summed E-state index contributed by atoms with van der Waals surface area (Å²) in [5.41, 5.74) is 0. The third-order valence-corrected chi connectivity index (χ3v) is 2.83. The molecule has 1 heterocycles. The zero-order valence-electron chi connectivity index (χ0n) is 12.9. The summed E-state index contributed by atoms with van der Waals surface area (Å²) in [6.07, 6.45) is 6.42. The van der Waals surface area contributed by atoms with Crippen LogP contribution in [0.1, 0.15) is 25.5 Å². The minimum absolute atomic E-state index is 0.700. The average molecular weight is 293 g/mol. The number of furan rings is 1. The number of hydrogen-bond acceptors (Lipinski definition) is 3. The van der Waals surface area contributed by atoms with Crippen molar-refractivity contribution in [1.82, 2.24) is 10.6 Å². The highest BCUT2D eigenvalue weighted by atomic mass is 16.5. The number of hydrogen-bond donors (Lipinski definition) is 2. The van der Waals surface area contributed by atoms with Crippen LogP contribution in [0.5, 0.6) is 0 Å². The zero-order valence-corrected chi connectivity index (χ0v) is 12.9. The quantitative estimate of drug-likeness (QED) is 0.285. The molecule has 0 atom stereocenters. The summed E-state index contributed by atoms with van der Waals surface area (Å²) in [6.45, 7) is 9.59. The lowest BCUT2D eigenvalue weighted by molar-refractivity contribution is 0.144. The van der Waals surface area contributed by atoms with E-state index in [9.17, 15) is 0 Å². The third kappa shape index (κ3) is 8.92. The Kier molecular flexibility index (Phi) is 9.91. The van der Waals surface area contributed by atoms with Crippen LogP contribution in [0.3, 0.4) is 0 Å². The summed E-state index contributed by atoms with van der Waals surface area (Å²) in [5.74, 6) is 1.79. The van der Waals surface area contributed by atoms with E-state index in [-0.39, 0.29) is 0 Å². The van der Waals surface area contributed by atoms with Crippen LogP contribution in [0.4, 0.5) is 0 Å². The van der Waals surface area contributed by atoms with E-state index < -0.39 is 0 Å². The first-order valence-electron chi connectivity index (χ1n) is 7.60. The van der Waals surface area contributed by atoms with E-state index >= 15 is 0 Å². The molecular weight excluding hydrogens is 266 g/mol. The van der Waals surface area contributed by atoms with Gasteiger partial charge in [-0.3, -0.25) is 4.99 Å². The lowest BCUT2D eigenvalue weighted by Gasteiger charge is -2.10. The van der Waals surface area contributed by atoms with Gasteiger partial charge in [0.05, 0.1) is 6.26 Å². The number of ether oxygens (including phenoxy) is 1. The van der Waals surface area contributed by atoms with Crippen molar-refractivity contribution in [3.8, 4) is 0 Å². The highest BCUT2D eigenvalue weighted by Gasteiger charge is 1.99. The van der Waals surface area contributed by atoms with E-state index in [0.29, 0.717) is 6.54 Å². The summed E-state index contributed by atoms with van der Waals surface area (Å²) in [4.78, 5) is 4.54. The third-order valence-electron chi connectivity index (χ3n) is 2.83. The second kappa shape index (κ2) is 12.0. The molecule has 0 radical (unpaired) electrons. The van der Waals surface area contributed by atoms with Crippen LogP contribution in [0.2, 0.25) is 0 Å². The molecule has 1 rings (SSSR count). The number of rotatable bonds is 11. The molecule has 0 spiro atoms. The maximum Gasteiger partial charge on any atom is 0.191 e. The molecule has 0 aliphatic carbocycles. The second-order valence-corrected chi connectivity index (χ2v) is 4.56. The van der Waals surface area contributed by atoms with Crippen molar-refractivity contribution in [2.24, 2.45) is 4.99 Å². The van der Waals surface area contributed by atoms with Crippen molar-refractivity contribution in [1.29, 1.82) is 0 Å². The Bertz CT molecular complexity index is 388. The maximum absolute atomic E-state index is 5.31. The van der Waals surface area contributed by atoms with Gasteiger partial charge in [-0.15, -0.1) is 6.58 Å². The summed E-state index contributed by atoms with van der Waals surface area (Å²) >= 11 is 0. The largest absolute Gasteiger partial charge is 0.469 e. The van der Waals surface area contributed by atoms with E-state index in [1.807, 2.05) is 25.1 Å². The fourth-order valence-electron chi connectivity index (χ4n) is 1.75. The molecule has 1 aromatic rings. The number of unbranched alkanes of at least 4 members (excludes halogenated alkanes) is 1. The van der Waals surface area contributed by atoms with E-state index in [1.54, 1.807) is 6.26 Å². The van der Waals surface area contributed by atoms with Gasteiger partial charge in [-0.2, -0.15) is 0 Å². The Labute approximate surface area is 127 Å². The summed E-state index contributed by atoms with van der Waals surface area (Å²) in [6, 6.07) is 3.88. The maximum atomic E-state index is 5.31. The Morgan fingerprint density at radius 2 is 2.33 bits per heavy atom. The highest BCUT2D eigenvalue weighted by molar-refractivity contribution is 5.79. The van der Waals surface area contributed by atoms with Crippen LogP contribution < -0.4 is 10.6 Å². The molecule has 5 heteroatoms. The molecule has 0 aliphatic rings. The lowest BCUT2D eigenvalue weighted by Crippen LogP contribution is -2.38. The molecule has 0 aromatic carbocycles. The minimum atomic E-state index is 0.700. The first-order valence-corrected chi connectivity index (χ1v) is 7.60. The van der Waals surface area contributed by atoms with Crippen LogP contribution in [-0.4, -0.2) is 38.8 Å². The fourth-order valence-corrected chi connectivity index (χ4v) is 1.75. The Morgan fingerprint density at radius 1 is 1.43 bits per heavy atom. The number of guanidine groups is 1. The van der Waals surface area contributed by atoms with Gasteiger partial charge in [0, 0.05) is 39.3 Å². The normalized spacial score (nSPS) is 11.4. The molecular formula is C16H27N3O2. The van der Waals surface area contributed by atoms with Crippen LogP contribution in [0.25, 0.3) is 0 Å².